The molecule has 1 saturated carbocycles. The smallest absolute Gasteiger partial charge is 0.183 e. The first-order chi connectivity index (χ1) is 16.4. The predicted molar refractivity (Wildman–Crippen MR) is 132 cm³/mol. The molecule has 0 amide bonds. The second-order valence-electron chi connectivity index (χ2n) is 11.3. The maximum atomic E-state index is 10.6. The zero-order chi connectivity index (χ0) is 25.4. The summed E-state index contributed by atoms with van der Waals surface area (Å²) in [5.41, 5.74) is 1.40. The van der Waals surface area contributed by atoms with Gasteiger partial charge in [0.2, 0.25) is 0 Å². The van der Waals surface area contributed by atoms with Crippen molar-refractivity contribution >= 4 is 11.8 Å². The third-order valence-electron chi connectivity index (χ3n) is 7.21. The number of aliphatic hydroxyl groups is 4. The summed E-state index contributed by atoms with van der Waals surface area (Å²) in [6, 6.07) is 4.00. The van der Waals surface area contributed by atoms with Crippen LogP contribution in [0.15, 0.2) is 30.7 Å². The van der Waals surface area contributed by atoms with E-state index in [4.69, 9.17) is 9.47 Å². The van der Waals surface area contributed by atoms with Gasteiger partial charge in [-0.2, -0.15) is 5.10 Å². The maximum absolute atomic E-state index is 10.6. The molecule has 6 unspecified atom stereocenters. The molecule has 1 aliphatic carbocycles. The van der Waals surface area contributed by atoms with Crippen molar-refractivity contribution in [1.82, 2.24) is 14.8 Å². The number of hydrogen-bond donors (Lipinski definition) is 5. The van der Waals surface area contributed by atoms with Gasteiger partial charge < -0.3 is 34.9 Å². The minimum absolute atomic E-state index is 0.00418. The molecule has 35 heavy (non-hydrogen) atoms. The van der Waals surface area contributed by atoms with Crippen LogP contribution in [0, 0.1) is 17.3 Å². The molecule has 2 aliphatic rings. The summed E-state index contributed by atoms with van der Waals surface area (Å²) in [7, 11) is 0. The fraction of sp³-hybridized carbons (Fsp3) is 0.720. The normalized spacial score (nSPS) is 30.9. The Balaban J connectivity index is 1.21. The zero-order valence-electron chi connectivity index (χ0n) is 20.9. The number of nitrogens with one attached hydrogen (secondary N) is 1. The second kappa shape index (κ2) is 10.2. The van der Waals surface area contributed by atoms with Crippen LogP contribution in [-0.4, -0.2) is 76.6 Å². The van der Waals surface area contributed by atoms with Crippen LogP contribution >= 0.6 is 11.8 Å². The number of fused-ring (bicyclic) bond motifs is 1. The lowest BCUT2D eigenvalue weighted by atomic mass is 9.79. The van der Waals surface area contributed by atoms with E-state index in [1.54, 1.807) is 0 Å². The molecular formula is C25H39N3O6S. The van der Waals surface area contributed by atoms with Crippen LogP contribution in [0.3, 0.4) is 0 Å². The Bertz CT molecular complexity index is 964. The van der Waals surface area contributed by atoms with Crippen LogP contribution in [-0.2, 0) is 22.6 Å². The Hall–Kier alpha value is -1.40. The maximum Gasteiger partial charge on any atom is 0.183 e. The van der Waals surface area contributed by atoms with Gasteiger partial charge in [0.1, 0.15) is 5.44 Å². The number of rotatable bonds is 12. The van der Waals surface area contributed by atoms with E-state index in [1.807, 2.05) is 35.4 Å². The van der Waals surface area contributed by atoms with E-state index >= 15 is 0 Å². The molecule has 9 nitrogen and oxygen atoms in total. The first-order valence-corrected chi connectivity index (χ1v) is 13.3. The van der Waals surface area contributed by atoms with Crippen LogP contribution in [0.1, 0.15) is 51.8 Å². The highest BCUT2D eigenvalue weighted by Crippen LogP contribution is 2.56. The minimum Gasteiger partial charge on any atom is -0.396 e. The van der Waals surface area contributed by atoms with Crippen molar-refractivity contribution in [3.8, 4) is 0 Å². The van der Waals surface area contributed by atoms with Gasteiger partial charge in [-0.1, -0.05) is 13.8 Å². The molecule has 2 aromatic heterocycles. The van der Waals surface area contributed by atoms with Crippen LogP contribution < -0.4 is 0 Å². The second-order valence-corrected chi connectivity index (χ2v) is 12.5. The minimum atomic E-state index is -1.65. The number of hydrogen-bond acceptors (Lipinski definition) is 8. The molecule has 2 fully saturated rings. The Morgan fingerprint density at radius 2 is 2.03 bits per heavy atom. The van der Waals surface area contributed by atoms with E-state index in [2.05, 4.69) is 37.8 Å². The summed E-state index contributed by atoms with van der Waals surface area (Å²) < 4.78 is 13.8. The Kier molecular flexibility index (Phi) is 7.74. The van der Waals surface area contributed by atoms with Crippen LogP contribution in [0.2, 0.25) is 0 Å². The molecular weight excluding hydrogens is 470 g/mol. The summed E-state index contributed by atoms with van der Waals surface area (Å²) in [5.74, 6) is -2.35. The van der Waals surface area contributed by atoms with E-state index in [-0.39, 0.29) is 11.0 Å². The van der Waals surface area contributed by atoms with E-state index in [9.17, 15) is 20.4 Å². The molecule has 0 spiro atoms. The van der Waals surface area contributed by atoms with Gasteiger partial charge >= 0.3 is 0 Å². The largest absolute Gasteiger partial charge is 0.396 e. The Morgan fingerprint density at radius 3 is 2.71 bits per heavy atom. The summed E-state index contributed by atoms with van der Waals surface area (Å²) in [6.45, 7) is 9.38. The van der Waals surface area contributed by atoms with Crippen LogP contribution in [0.4, 0.5) is 0 Å². The molecule has 0 aromatic carbocycles. The number of thioether (sulfide) groups is 1. The van der Waals surface area contributed by atoms with Crippen molar-refractivity contribution in [2.45, 2.75) is 82.7 Å². The van der Waals surface area contributed by atoms with E-state index in [0.717, 1.165) is 29.9 Å². The average molecular weight is 510 g/mol. The topological polar surface area (TPSA) is 133 Å². The van der Waals surface area contributed by atoms with Gasteiger partial charge in [0.25, 0.3) is 0 Å². The monoisotopic (exact) mass is 509 g/mol. The van der Waals surface area contributed by atoms with E-state index < -0.39 is 41.9 Å². The highest BCUT2D eigenvalue weighted by molar-refractivity contribution is 7.99. The molecule has 2 aromatic rings. The Morgan fingerprint density at radius 1 is 1.26 bits per heavy atom. The molecule has 4 rings (SSSR count). The van der Waals surface area contributed by atoms with E-state index in [1.165, 1.54) is 11.8 Å². The SMILES string of the molecule is CC(C)(CCSC1OC2(O)C(CO)C(O)C(O)C12)CC(C)(C)OCc1cnn(Cc2ccc[nH]2)c1. The number of aromatic amines is 1. The van der Waals surface area contributed by atoms with Gasteiger partial charge in [-0.3, -0.25) is 4.68 Å². The highest BCUT2D eigenvalue weighted by Gasteiger charge is 2.70. The van der Waals surface area contributed by atoms with Gasteiger partial charge in [0.05, 0.1) is 55.6 Å². The fourth-order valence-corrected chi connectivity index (χ4v) is 7.19. The molecule has 0 bridgehead atoms. The molecule has 1 saturated heterocycles. The summed E-state index contributed by atoms with van der Waals surface area (Å²) in [5, 5.41) is 44.9. The van der Waals surface area contributed by atoms with Crippen molar-refractivity contribution in [2.24, 2.45) is 17.3 Å². The van der Waals surface area contributed by atoms with Gasteiger partial charge in [-0.05, 0) is 50.0 Å². The van der Waals surface area contributed by atoms with Crippen molar-refractivity contribution < 1.29 is 29.9 Å². The molecule has 0 radical (unpaired) electrons. The first-order valence-electron chi connectivity index (χ1n) is 12.2. The lowest BCUT2D eigenvalue weighted by molar-refractivity contribution is -0.355. The summed E-state index contributed by atoms with van der Waals surface area (Å²) in [6.07, 6.45) is 5.21. The number of H-pyrrole nitrogens is 1. The molecule has 1 aliphatic heterocycles. The standard InChI is InChI=1S/C25H39N3O6S/c1-23(2,7-9-35-22-19-21(31)20(30)18(13-29)25(19,32)34-22)15-24(3,4)33-14-16-10-27-28(11-16)12-17-6-5-8-26-17/h5-6,8,10-11,18-22,26,29-32H,7,9,12-15H2,1-4H3. The third-order valence-corrected chi connectivity index (χ3v) is 8.37. The van der Waals surface area contributed by atoms with Crippen molar-refractivity contribution in [1.29, 1.82) is 0 Å². The summed E-state index contributed by atoms with van der Waals surface area (Å²) >= 11 is 1.53. The number of ether oxygens (including phenoxy) is 2. The molecule has 10 heteroatoms. The van der Waals surface area contributed by atoms with Crippen molar-refractivity contribution in [3.05, 3.63) is 42.0 Å². The molecule has 6 atom stereocenters. The lowest BCUT2D eigenvalue weighted by Crippen LogP contribution is -2.61. The van der Waals surface area contributed by atoms with Gasteiger partial charge in [0.15, 0.2) is 5.79 Å². The molecule has 5 N–H and O–H groups in total. The molecule has 196 valence electrons. The highest BCUT2D eigenvalue weighted by atomic mass is 32.2. The van der Waals surface area contributed by atoms with Crippen molar-refractivity contribution in [2.75, 3.05) is 12.4 Å². The fourth-order valence-electron chi connectivity index (χ4n) is 5.50. The summed E-state index contributed by atoms with van der Waals surface area (Å²) in [4.78, 5) is 3.18. The quantitative estimate of drug-likeness (QED) is 0.294. The lowest BCUT2D eigenvalue weighted by Gasteiger charge is -2.49. The van der Waals surface area contributed by atoms with Gasteiger partial charge in [0, 0.05) is 23.7 Å². The number of aliphatic hydroxyl groups excluding tert-OH is 3. The predicted octanol–water partition coefficient (Wildman–Crippen LogP) is 2.10. The van der Waals surface area contributed by atoms with Crippen LogP contribution in [0.25, 0.3) is 0 Å². The zero-order valence-corrected chi connectivity index (χ0v) is 21.7. The number of aromatic nitrogens is 3. The molecule has 3 heterocycles. The Labute approximate surface area is 210 Å². The van der Waals surface area contributed by atoms with Gasteiger partial charge in [-0.15, -0.1) is 11.8 Å². The number of nitrogens with zero attached hydrogens (tertiary/aromatic N) is 2. The van der Waals surface area contributed by atoms with E-state index in [0.29, 0.717) is 13.2 Å². The first kappa shape index (κ1) is 26.7. The van der Waals surface area contributed by atoms with Gasteiger partial charge in [-0.25, -0.2) is 0 Å². The van der Waals surface area contributed by atoms with Crippen molar-refractivity contribution in [3.63, 3.8) is 0 Å². The average Bonchev–Trinajstić information content (AvgIpc) is 3.45. The van der Waals surface area contributed by atoms with Crippen LogP contribution in [0.5, 0.6) is 0 Å². The third kappa shape index (κ3) is 5.79.